The molecule has 1 heterocycles. The zero-order chi connectivity index (χ0) is 19.3. The summed E-state index contributed by atoms with van der Waals surface area (Å²) in [6.45, 7) is 0. The van der Waals surface area contributed by atoms with E-state index in [0.717, 1.165) is 18.6 Å². The molecule has 2 aliphatic carbocycles. The first-order valence-corrected chi connectivity index (χ1v) is 9.56. The summed E-state index contributed by atoms with van der Waals surface area (Å²) in [7, 11) is 1.62. The lowest BCUT2D eigenvalue weighted by Gasteiger charge is -2.23. The molecule has 6 nitrogen and oxygen atoms in total. The summed E-state index contributed by atoms with van der Waals surface area (Å²) >= 11 is 0. The molecule has 144 valence electrons. The minimum atomic E-state index is -0.272. The Morgan fingerprint density at radius 2 is 1.64 bits per heavy atom. The predicted molar refractivity (Wildman–Crippen MR) is 101 cm³/mol. The molecule has 5 rings (SSSR count). The first-order chi connectivity index (χ1) is 13.6. The highest BCUT2D eigenvalue weighted by Gasteiger charge is 2.63. The van der Waals surface area contributed by atoms with Crippen molar-refractivity contribution in [3.8, 4) is 17.2 Å². The van der Waals surface area contributed by atoms with E-state index < -0.39 is 0 Å². The second-order valence-electron chi connectivity index (χ2n) is 7.71. The van der Waals surface area contributed by atoms with E-state index >= 15 is 0 Å². The Balaban J connectivity index is 1.24. The number of nitrogens with one attached hydrogen (secondary N) is 1. The molecule has 3 fully saturated rings. The second-order valence-corrected chi connectivity index (χ2v) is 7.71. The van der Waals surface area contributed by atoms with Gasteiger partial charge in [0.25, 0.3) is 0 Å². The van der Waals surface area contributed by atoms with Crippen LogP contribution < -0.4 is 14.8 Å². The summed E-state index contributed by atoms with van der Waals surface area (Å²) < 4.78 is 16.3. The van der Waals surface area contributed by atoms with E-state index in [0.29, 0.717) is 17.2 Å². The zero-order valence-electron chi connectivity index (χ0n) is 15.5. The fraction of sp³-hybridized carbons (Fsp3) is 0.364. The fourth-order valence-electron chi connectivity index (χ4n) is 4.97. The van der Waals surface area contributed by atoms with Crippen LogP contribution in [0.1, 0.15) is 12.8 Å². The van der Waals surface area contributed by atoms with Gasteiger partial charge in [0.15, 0.2) is 0 Å². The molecule has 2 aromatic rings. The number of methoxy groups -OCH3 is 1. The van der Waals surface area contributed by atoms with Gasteiger partial charge in [0.05, 0.1) is 18.9 Å². The van der Waals surface area contributed by atoms with Gasteiger partial charge in [0.2, 0.25) is 5.91 Å². The van der Waals surface area contributed by atoms with Gasteiger partial charge < -0.3 is 19.5 Å². The van der Waals surface area contributed by atoms with Crippen LogP contribution in [-0.4, -0.2) is 25.1 Å². The monoisotopic (exact) mass is 379 g/mol. The van der Waals surface area contributed by atoms with E-state index in [-0.39, 0.29) is 41.7 Å². The lowest BCUT2D eigenvalue weighted by atomic mass is 9.79. The Bertz CT molecular complexity index is 906. The average molecular weight is 379 g/mol. The maximum absolute atomic E-state index is 12.8. The van der Waals surface area contributed by atoms with Crippen molar-refractivity contribution in [3.63, 3.8) is 0 Å². The number of carbonyl (C=O) groups is 2. The van der Waals surface area contributed by atoms with Crippen molar-refractivity contribution in [2.24, 2.45) is 23.7 Å². The van der Waals surface area contributed by atoms with Crippen molar-refractivity contribution in [3.05, 3.63) is 48.5 Å². The maximum Gasteiger partial charge on any atom is 0.310 e. The first-order valence-electron chi connectivity index (χ1n) is 9.56. The van der Waals surface area contributed by atoms with Gasteiger partial charge in [-0.25, -0.2) is 0 Å². The molecule has 0 unspecified atom stereocenters. The van der Waals surface area contributed by atoms with Gasteiger partial charge in [0.1, 0.15) is 23.4 Å². The number of ether oxygens (including phenoxy) is 3. The molecule has 28 heavy (non-hydrogen) atoms. The van der Waals surface area contributed by atoms with Crippen molar-refractivity contribution in [1.29, 1.82) is 0 Å². The Morgan fingerprint density at radius 1 is 1.00 bits per heavy atom. The normalized spacial score (nSPS) is 29.5. The standard InChI is InChI=1S/C22H21NO5/c1-26-14-6-8-16(9-7-14)27-15-4-2-13(3-5-15)23-21(24)19-12-10-17-18(11-12)28-22(25)20(17)19/h2-9,12,17-20H,10-11H2,1H3,(H,23,24)/t12-,17+,18+,19-,20+/m1/s1. The molecule has 2 saturated carbocycles. The number of amides is 1. The highest BCUT2D eigenvalue weighted by Crippen LogP contribution is 2.57. The van der Waals surface area contributed by atoms with Gasteiger partial charge in [0, 0.05) is 11.6 Å². The van der Waals surface area contributed by atoms with Gasteiger partial charge >= 0.3 is 5.97 Å². The Hall–Kier alpha value is -3.02. The van der Waals surface area contributed by atoms with Gasteiger partial charge in [-0.15, -0.1) is 0 Å². The lowest BCUT2D eigenvalue weighted by Crippen LogP contribution is -2.35. The highest BCUT2D eigenvalue weighted by atomic mass is 16.6. The van der Waals surface area contributed by atoms with Crippen LogP contribution in [0.15, 0.2) is 48.5 Å². The van der Waals surface area contributed by atoms with E-state index in [1.807, 2.05) is 24.3 Å². The Kier molecular flexibility index (Phi) is 4.00. The third kappa shape index (κ3) is 2.80. The van der Waals surface area contributed by atoms with Crippen LogP contribution in [0, 0.1) is 23.7 Å². The SMILES string of the molecule is COc1ccc(Oc2ccc(NC(=O)[C@@H]3[C@@H]4C[C@@H]5[C@@H]3C(=O)O[C@H]5C4)cc2)cc1. The summed E-state index contributed by atoms with van der Waals surface area (Å²) in [5, 5.41) is 2.96. The van der Waals surface area contributed by atoms with Crippen molar-refractivity contribution in [1.82, 2.24) is 0 Å². The molecule has 1 N–H and O–H groups in total. The number of fused-ring (bicyclic) bond motifs is 1. The number of benzene rings is 2. The minimum Gasteiger partial charge on any atom is -0.497 e. The fourth-order valence-corrected chi connectivity index (χ4v) is 4.97. The zero-order valence-corrected chi connectivity index (χ0v) is 15.5. The molecule has 1 aliphatic heterocycles. The number of hydrogen-bond acceptors (Lipinski definition) is 5. The topological polar surface area (TPSA) is 73.9 Å². The number of esters is 1. The molecular formula is C22H21NO5. The molecule has 1 amide bonds. The molecular weight excluding hydrogens is 358 g/mol. The summed E-state index contributed by atoms with van der Waals surface area (Å²) in [6, 6.07) is 14.5. The number of hydrogen-bond donors (Lipinski definition) is 1. The van der Waals surface area contributed by atoms with Crippen molar-refractivity contribution >= 4 is 17.6 Å². The third-order valence-corrected chi connectivity index (χ3v) is 6.20. The van der Waals surface area contributed by atoms with Gasteiger partial charge in [-0.05, 0) is 67.3 Å². The first kappa shape index (κ1) is 17.1. The van der Waals surface area contributed by atoms with Gasteiger partial charge in [-0.2, -0.15) is 0 Å². The van der Waals surface area contributed by atoms with Crippen LogP contribution in [-0.2, 0) is 14.3 Å². The van der Waals surface area contributed by atoms with Crippen LogP contribution in [0.4, 0.5) is 5.69 Å². The number of anilines is 1. The van der Waals surface area contributed by atoms with Gasteiger partial charge in [-0.1, -0.05) is 0 Å². The van der Waals surface area contributed by atoms with E-state index in [1.165, 1.54) is 0 Å². The van der Waals surface area contributed by atoms with E-state index in [9.17, 15) is 9.59 Å². The Labute approximate surface area is 162 Å². The third-order valence-electron chi connectivity index (χ3n) is 6.20. The summed E-state index contributed by atoms with van der Waals surface area (Å²) in [5.74, 6) is 1.81. The summed E-state index contributed by atoms with van der Waals surface area (Å²) in [4.78, 5) is 24.9. The van der Waals surface area contributed by atoms with Crippen molar-refractivity contribution in [2.45, 2.75) is 18.9 Å². The van der Waals surface area contributed by atoms with Crippen LogP contribution in [0.2, 0.25) is 0 Å². The molecule has 0 spiro atoms. The Morgan fingerprint density at radius 3 is 2.32 bits per heavy atom. The van der Waals surface area contributed by atoms with E-state index in [4.69, 9.17) is 14.2 Å². The van der Waals surface area contributed by atoms with Crippen LogP contribution in [0.25, 0.3) is 0 Å². The molecule has 2 bridgehead atoms. The highest BCUT2D eigenvalue weighted by molar-refractivity contribution is 5.97. The van der Waals surface area contributed by atoms with Crippen LogP contribution >= 0.6 is 0 Å². The van der Waals surface area contributed by atoms with Crippen molar-refractivity contribution in [2.75, 3.05) is 12.4 Å². The van der Waals surface area contributed by atoms with E-state index in [2.05, 4.69) is 5.32 Å². The largest absolute Gasteiger partial charge is 0.497 e. The van der Waals surface area contributed by atoms with E-state index in [1.54, 1.807) is 31.4 Å². The molecule has 3 aliphatic rings. The number of carbonyl (C=O) groups excluding carboxylic acids is 2. The molecule has 1 saturated heterocycles. The predicted octanol–water partition coefficient (Wildman–Crippen LogP) is 3.62. The smallest absolute Gasteiger partial charge is 0.310 e. The molecule has 5 atom stereocenters. The molecule has 0 aromatic heterocycles. The maximum atomic E-state index is 12.8. The quantitative estimate of drug-likeness (QED) is 0.803. The average Bonchev–Trinajstić information content (AvgIpc) is 3.33. The molecule has 0 radical (unpaired) electrons. The number of rotatable bonds is 5. The summed E-state index contributed by atoms with van der Waals surface area (Å²) in [5.41, 5.74) is 0.692. The van der Waals surface area contributed by atoms with Crippen molar-refractivity contribution < 1.29 is 23.8 Å². The summed E-state index contributed by atoms with van der Waals surface area (Å²) in [6.07, 6.45) is 1.79. The van der Waals surface area contributed by atoms with Gasteiger partial charge in [-0.3, -0.25) is 9.59 Å². The lowest BCUT2D eigenvalue weighted by molar-refractivity contribution is -0.145. The van der Waals surface area contributed by atoms with Crippen LogP contribution in [0.5, 0.6) is 17.2 Å². The second kappa shape index (κ2) is 6.55. The molecule has 2 aromatic carbocycles. The molecule has 6 heteroatoms. The minimum absolute atomic E-state index is 0.0425. The van der Waals surface area contributed by atoms with Crippen LogP contribution in [0.3, 0.4) is 0 Å².